The van der Waals surface area contributed by atoms with Gasteiger partial charge in [-0.3, -0.25) is 9.59 Å². The second-order valence-corrected chi connectivity index (χ2v) is 13.3. The molecular formula is C33H37BrO4. The Kier molecular flexibility index (Phi) is 6.57. The van der Waals surface area contributed by atoms with Crippen LogP contribution < -0.4 is 0 Å². The van der Waals surface area contributed by atoms with Crippen LogP contribution >= 0.6 is 15.9 Å². The molecule has 200 valence electrons. The summed E-state index contributed by atoms with van der Waals surface area (Å²) in [5.41, 5.74) is 0.272. The topological polar surface area (TPSA) is 52.6 Å². The third-order valence-electron chi connectivity index (χ3n) is 9.77. The van der Waals surface area contributed by atoms with Crippen LogP contribution in [0.4, 0.5) is 0 Å². The minimum Gasteiger partial charge on any atom is -0.462 e. The second-order valence-electron chi connectivity index (χ2n) is 12.5. The number of hydrogen-bond acceptors (Lipinski definition) is 4. The highest BCUT2D eigenvalue weighted by Gasteiger charge is 2.57. The van der Waals surface area contributed by atoms with Gasteiger partial charge in [-0.2, -0.15) is 0 Å². The fourth-order valence-corrected chi connectivity index (χ4v) is 8.24. The zero-order chi connectivity index (χ0) is 26.8. The largest absolute Gasteiger partial charge is 0.462 e. The van der Waals surface area contributed by atoms with Crippen LogP contribution in [0.5, 0.6) is 0 Å². The van der Waals surface area contributed by atoms with Gasteiger partial charge in [0.05, 0.1) is 11.8 Å². The van der Waals surface area contributed by atoms with Crippen molar-refractivity contribution in [2.45, 2.75) is 71.5 Å². The van der Waals surface area contributed by atoms with E-state index in [9.17, 15) is 9.59 Å². The molecule has 0 saturated heterocycles. The smallest absolute Gasteiger partial charge is 0.310 e. The van der Waals surface area contributed by atoms with Crippen LogP contribution in [0.2, 0.25) is 0 Å². The molecule has 0 amide bonds. The van der Waals surface area contributed by atoms with Gasteiger partial charge in [0.2, 0.25) is 0 Å². The number of carbonyl (C=O) groups is 2. The van der Waals surface area contributed by atoms with E-state index in [0.717, 1.165) is 47.5 Å². The van der Waals surface area contributed by atoms with E-state index >= 15 is 0 Å². The SMILES string of the molecule is CCC(C)C(=O)OC1C2CC3CC1CC(C2)C3C(=O)OC(C)(C)c1ccc2c(c1)cc(Br)c1ccccc12. The third-order valence-corrected chi connectivity index (χ3v) is 10.4. The lowest BCUT2D eigenvalue weighted by Gasteiger charge is -2.56. The molecule has 3 aromatic rings. The normalized spacial score (nSPS) is 29.0. The molecule has 0 aromatic heterocycles. The highest BCUT2D eigenvalue weighted by Crippen LogP contribution is 2.58. The van der Waals surface area contributed by atoms with E-state index in [0.29, 0.717) is 23.7 Å². The van der Waals surface area contributed by atoms with Crippen molar-refractivity contribution in [1.82, 2.24) is 0 Å². The molecule has 1 atom stereocenters. The van der Waals surface area contributed by atoms with Crippen molar-refractivity contribution < 1.29 is 19.1 Å². The maximum atomic E-state index is 13.7. The summed E-state index contributed by atoms with van der Waals surface area (Å²) >= 11 is 3.74. The van der Waals surface area contributed by atoms with Crippen LogP contribution in [-0.2, 0) is 24.7 Å². The van der Waals surface area contributed by atoms with Gasteiger partial charge in [-0.15, -0.1) is 0 Å². The van der Waals surface area contributed by atoms with Gasteiger partial charge in [0.1, 0.15) is 11.7 Å². The summed E-state index contributed by atoms with van der Waals surface area (Å²) in [6, 6.07) is 17.0. The van der Waals surface area contributed by atoms with Crippen molar-refractivity contribution >= 4 is 49.4 Å². The molecule has 5 heteroatoms. The van der Waals surface area contributed by atoms with Crippen LogP contribution in [0.3, 0.4) is 0 Å². The summed E-state index contributed by atoms with van der Waals surface area (Å²) in [5.74, 6) is 1.22. The van der Waals surface area contributed by atoms with Gasteiger partial charge in [0.25, 0.3) is 0 Å². The van der Waals surface area contributed by atoms with Crippen LogP contribution in [0.15, 0.2) is 53.0 Å². The first-order chi connectivity index (χ1) is 18.2. The quantitative estimate of drug-likeness (QED) is 0.219. The molecule has 0 N–H and O–H groups in total. The van der Waals surface area contributed by atoms with E-state index in [1.165, 1.54) is 16.2 Å². The van der Waals surface area contributed by atoms with Crippen LogP contribution in [0.25, 0.3) is 21.5 Å². The monoisotopic (exact) mass is 576 g/mol. The Balaban J connectivity index is 1.18. The van der Waals surface area contributed by atoms with Gasteiger partial charge in [-0.1, -0.05) is 66.2 Å². The summed E-state index contributed by atoms with van der Waals surface area (Å²) in [4.78, 5) is 26.2. The van der Waals surface area contributed by atoms with Crippen LogP contribution in [0, 0.1) is 35.5 Å². The van der Waals surface area contributed by atoms with E-state index in [2.05, 4.69) is 64.5 Å². The Hall–Kier alpha value is -2.40. The lowest BCUT2D eigenvalue weighted by molar-refractivity contribution is -0.195. The molecule has 4 nitrogen and oxygen atoms in total. The Morgan fingerprint density at radius 2 is 1.55 bits per heavy atom. The number of fused-ring (bicyclic) bond motifs is 3. The van der Waals surface area contributed by atoms with E-state index in [4.69, 9.17) is 9.47 Å². The molecule has 4 bridgehead atoms. The van der Waals surface area contributed by atoms with E-state index < -0.39 is 5.60 Å². The molecule has 4 fully saturated rings. The summed E-state index contributed by atoms with van der Waals surface area (Å²) in [5, 5.41) is 4.72. The van der Waals surface area contributed by atoms with Crippen molar-refractivity contribution in [3.63, 3.8) is 0 Å². The van der Waals surface area contributed by atoms with E-state index in [1.807, 2.05) is 27.7 Å². The lowest BCUT2D eigenvalue weighted by atomic mass is 9.50. The maximum absolute atomic E-state index is 13.7. The molecular weight excluding hydrogens is 540 g/mol. The number of rotatable bonds is 6. The first-order valence-electron chi connectivity index (χ1n) is 14.2. The van der Waals surface area contributed by atoms with Crippen molar-refractivity contribution in [3.05, 3.63) is 58.6 Å². The van der Waals surface area contributed by atoms with Crippen molar-refractivity contribution in [3.8, 4) is 0 Å². The molecule has 3 aromatic carbocycles. The van der Waals surface area contributed by atoms with Gasteiger partial charge in [-0.05, 0) is 109 Å². The average Bonchev–Trinajstić information content (AvgIpc) is 2.89. The minimum absolute atomic E-state index is 0.0328. The van der Waals surface area contributed by atoms with E-state index in [1.54, 1.807) is 0 Å². The molecule has 4 saturated carbocycles. The van der Waals surface area contributed by atoms with Crippen molar-refractivity contribution in [1.29, 1.82) is 0 Å². The van der Waals surface area contributed by atoms with Gasteiger partial charge in [0.15, 0.2) is 0 Å². The fraction of sp³-hybridized carbons (Fsp3) is 0.515. The van der Waals surface area contributed by atoms with Crippen molar-refractivity contribution in [2.24, 2.45) is 35.5 Å². The van der Waals surface area contributed by atoms with Gasteiger partial charge in [0, 0.05) is 4.47 Å². The molecule has 0 spiro atoms. The first-order valence-corrected chi connectivity index (χ1v) is 15.0. The molecule has 4 aliphatic carbocycles. The summed E-state index contributed by atoms with van der Waals surface area (Å²) in [6.07, 6.45) is 4.68. The third kappa shape index (κ3) is 4.35. The molecule has 0 heterocycles. The Morgan fingerprint density at radius 1 is 0.921 bits per heavy atom. The second kappa shape index (κ2) is 9.66. The first kappa shape index (κ1) is 25.9. The number of benzene rings is 3. The van der Waals surface area contributed by atoms with Crippen LogP contribution in [0.1, 0.15) is 65.4 Å². The summed E-state index contributed by atoms with van der Waals surface area (Å²) in [6.45, 7) is 7.98. The molecule has 4 aliphatic rings. The Labute approximate surface area is 233 Å². The van der Waals surface area contributed by atoms with Crippen molar-refractivity contribution in [2.75, 3.05) is 0 Å². The molecule has 7 rings (SSSR count). The minimum atomic E-state index is -0.730. The molecule has 1 unspecified atom stereocenters. The molecule has 0 radical (unpaired) electrons. The fourth-order valence-electron chi connectivity index (χ4n) is 7.65. The number of hydrogen-bond donors (Lipinski definition) is 0. The van der Waals surface area contributed by atoms with Gasteiger partial charge >= 0.3 is 11.9 Å². The standard InChI is InChI=1S/C33H37BrO4/c1-5-18(2)31(35)37-30-22-12-20-13-23(30)15-21(14-22)29(20)32(36)38-33(3,4)24-10-11-25-19(16-24)17-28(34)27-9-7-6-8-26(25)27/h6-11,16-18,20-23,29-30H,5,12-15H2,1-4H3. The lowest BCUT2D eigenvalue weighted by Crippen LogP contribution is -2.56. The number of esters is 2. The highest BCUT2D eigenvalue weighted by atomic mass is 79.9. The Bertz CT molecular complexity index is 1380. The summed E-state index contributed by atoms with van der Waals surface area (Å²) < 4.78 is 13.4. The Morgan fingerprint density at radius 3 is 2.18 bits per heavy atom. The summed E-state index contributed by atoms with van der Waals surface area (Å²) in [7, 11) is 0. The zero-order valence-corrected chi connectivity index (χ0v) is 24.3. The zero-order valence-electron chi connectivity index (χ0n) is 22.7. The number of ether oxygens (including phenoxy) is 2. The van der Waals surface area contributed by atoms with Gasteiger partial charge in [-0.25, -0.2) is 0 Å². The molecule has 38 heavy (non-hydrogen) atoms. The van der Waals surface area contributed by atoms with E-state index in [-0.39, 0.29) is 29.9 Å². The molecule has 0 aliphatic heterocycles. The maximum Gasteiger partial charge on any atom is 0.310 e. The predicted octanol–water partition coefficient (Wildman–Crippen LogP) is 8.17. The number of carbonyl (C=O) groups excluding carboxylic acids is 2. The predicted molar refractivity (Wildman–Crippen MR) is 154 cm³/mol. The average molecular weight is 578 g/mol. The van der Waals surface area contributed by atoms with Crippen LogP contribution in [-0.4, -0.2) is 18.0 Å². The highest BCUT2D eigenvalue weighted by molar-refractivity contribution is 9.10. The van der Waals surface area contributed by atoms with Gasteiger partial charge < -0.3 is 9.47 Å². The number of halogens is 1.